The van der Waals surface area contributed by atoms with Crippen LogP contribution in [-0.4, -0.2) is 86.2 Å². The molecule has 4 aliphatic heterocycles. The summed E-state index contributed by atoms with van der Waals surface area (Å²) >= 11 is 0.290. The van der Waals surface area contributed by atoms with E-state index in [2.05, 4.69) is 0 Å². The van der Waals surface area contributed by atoms with Crippen molar-refractivity contribution in [3.63, 3.8) is 0 Å². The number of fused-ring (bicyclic) bond motifs is 2. The minimum absolute atomic E-state index is 0.0309. The molecule has 0 aromatic heterocycles. The summed E-state index contributed by atoms with van der Waals surface area (Å²) in [5.74, 6) is -1.92. The number of nitrogens with zero attached hydrogens (tertiary/aromatic N) is 2. The maximum Gasteiger partial charge on any atom is 0.418 e. The van der Waals surface area contributed by atoms with Crippen molar-refractivity contribution in [3.8, 4) is 33.8 Å². The Bertz CT molecular complexity index is 2540. The fourth-order valence-corrected chi connectivity index (χ4v) is 10.4. The normalized spacial score (nSPS) is 16.8. The van der Waals surface area contributed by atoms with Gasteiger partial charge in [0.25, 0.3) is 0 Å². The van der Waals surface area contributed by atoms with Gasteiger partial charge in [-0.15, -0.1) is 0 Å². The van der Waals surface area contributed by atoms with E-state index in [1.807, 2.05) is 0 Å². The zero-order valence-corrected chi connectivity index (χ0v) is 39.6. The Hall–Kier alpha value is -6.31. The van der Waals surface area contributed by atoms with Gasteiger partial charge in [0, 0.05) is 83.2 Å². The van der Waals surface area contributed by atoms with Crippen molar-refractivity contribution in [2.45, 2.75) is 74.5 Å². The zero-order chi connectivity index (χ0) is 50.5. The highest BCUT2D eigenvalue weighted by Gasteiger charge is 2.42. The summed E-state index contributed by atoms with van der Waals surface area (Å²) in [6.45, 7) is 4.94. The molecule has 376 valence electrons. The number of alkyl halides is 6. The molecule has 8 rings (SSSR count). The average molecular weight is 1010 g/mol. The number of benzene rings is 4. The maximum atomic E-state index is 15.9. The zero-order valence-electron chi connectivity index (χ0n) is 38.8. The van der Waals surface area contributed by atoms with Gasteiger partial charge in [-0.1, -0.05) is 36.0 Å². The molecule has 12 nitrogen and oxygen atoms in total. The Morgan fingerprint density at radius 3 is 1.37 bits per heavy atom. The van der Waals surface area contributed by atoms with E-state index in [9.17, 15) is 19.2 Å². The highest BCUT2D eigenvalue weighted by Crippen LogP contribution is 2.52. The number of rotatable bonds is 12. The number of piperidine rings is 2. The van der Waals surface area contributed by atoms with E-state index in [0.717, 1.165) is 24.3 Å². The Labute approximate surface area is 409 Å². The molecule has 2 saturated heterocycles. The SMILES string of the molecule is CCOC(=O)C1CCN(C(=O)C=Cc2ccc(Sc3ccc(C=CC(=O)N4CCC(C(=O)OCC)CC4)c(-c4ccc5c(c4)CCOO5)c3C(F)(F)F)c(C(F)(F)F)c2-c2ccc3c(c2)CCOO3)CC1. The fraction of sp³-hybridized carbons (Fsp3) is 0.385. The van der Waals surface area contributed by atoms with Crippen molar-refractivity contribution < 1.29 is 74.5 Å². The first kappa shape index (κ1) is 51.1. The van der Waals surface area contributed by atoms with Crippen molar-refractivity contribution in [1.29, 1.82) is 0 Å². The molecule has 2 amide bonds. The van der Waals surface area contributed by atoms with Gasteiger partial charge in [0.15, 0.2) is 11.5 Å². The Morgan fingerprint density at radius 1 is 0.606 bits per heavy atom. The summed E-state index contributed by atoms with van der Waals surface area (Å²) in [6.07, 6.45) is -3.50. The average Bonchev–Trinajstić information content (AvgIpc) is 3.36. The lowest BCUT2D eigenvalue weighted by Gasteiger charge is -2.30. The lowest BCUT2D eigenvalue weighted by molar-refractivity contribution is -0.215. The van der Waals surface area contributed by atoms with E-state index in [1.54, 1.807) is 13.8 Å². The van der Waals surface area contributed by atoms with Crippen LogP contribution < -0.4 is 9.78 Å². The van der Waals surface area contributed by atoms with Crippen LogP contribution >= 0.6 is 11.8 Å². The summed E-state index contributed by atoms with van der Waals surface area (Å²) in [5.41, 5.74) is -2.09. The molecule has 0 radical (unpaired) electrons. The highest BCUT2D eigenvalue weighted by atomic mass is 32.2. The predicted molar refractivity (Wildman–Crippen MR) is 248 cm³/mol. The van der Waals surface area contributed by atoms with E-state index in [-0.39, 0.29) is 133 Å². The third-order valence-corrected chi connectivity index (χ3v) is 13.9. The molecule has 4 aromatic rings. The molecule has 0 unspecified atom stereocenters. The van der Waals surface area contributed by atoms with Gasteiger partial charge in [0.05, 0.1) is 49.4 Å². The van der Waals surface area contributed by atoms with Crippen molar-refractivity contribution in [3.05, 3.63) is 106 Å². The smallest absolute Gasteiger partial charge is 0.418 e. The second-order valence-electron chi connectivity index (χ2n) is 17.2. The molecule has 2 fully saturated rings. The van der Waals surface area contributed by atoms with E-state index in [0.29, 0.717) is 49.7 Å². The fourth-order valence-electron chi connectivity index (χ4n) is 9.21. The minimum atomic E-state index is -5.15. The molecule has 0 aliphatic carbocycles. The van der Waals surface area contributed by atoms with Crippen molar-refractivity contribution >= 4 is 47.7 Å². The van der Waals surface area contributed by atoms with Gasteiger partial charge < -0.3 is 29.0 Å². The van der Waals surface area contributed by atoms with Crippen molar-refractivity contribution in [1.82, 2.24) is 9.80 Å². The Balaban J connectivity index is 1.21. The van der Waals surface area contributed by atoms with Gasteiger partial charge in [-0.2, -0.15) is 36.1 Å². The van der Waals surface area contributed by atoms with Crippen LogP contribution in [0.4, 0.5) is 26.3 Å². The van der Waals surface area contributed by atoms with Crippen LogP contribution in [0.3, 0.4) is 0 Å². The summed E-state index contributed by atoms with van der Waals surface area (Å²) in [6, 6.07) is 13.5. The lowest BCUT2D eigenvalue weighted by Crippen LogP contribution is -2.39. The molecule has 4 aliphatic rings. The molecule has 71 heavy (non-hydrogen) atoms. The number of hydrogen-bond acceptors (Lipinski definition) is 11. The summed E-state index contributed by atoms with van der Waals surface area (Å²) < 4.78 is 106. The van der Waals surface area contributed by atoms with E-state index >= 15 is 26.3 Å². The first-order chi connectivity index (χ1) is 34.0. The number of carbonyl (C=O) groups is 4. The predicted octanol–water partition coefficient (Wildman–Crippen LogP) is 10.6. The number of esters is 2. The summed E-state index contributed by atoms with van der Waals surface area (Å²) in [7, 11) is 0. The van der Waals surface area contributed by atoms with Crippen molar-refractivity contribution in [2.75, 3.05) is 52.6 Å². The van der Waals surface area contributed by atoms with Gasteiger partial charge in [0.2, 0.25) is 11.8 Å². The molecule has 4 aromatic carbocycles. The third-order valence-electron chi connectivity index (χ3n) is 12.8. The van der Waals surface area contributed by atoms with Crippen LogP contribution in [-0.2, 0) is 63.6 Å². The van der Waals surface area contributed by atoms with Gasteiger partial charge in [-0.05, 0) is 110 Å². The first-order valence-corrected chi connectivity index (χ1v) is 24.1. The largest absolute Gasteiger partial charge is 0.466 e. The number of ether oxygens (including phenoxy) is 2. The van der Waals surface area contributed by atoms with Gasteiger partial charge in [0.1, 0.15) is 0 Å². The molecule has 0 atom stereocenters. The second kappa shape index (κ2) is 22.0. The number of hydrogen-bond donors (Lipinski definition) is 0. The van der Waals surface area contributed by atoms with E-state index in [4.69, 9.17) is 29.0 Å². The Morgan fingerprint density at radius 2 is 1.00 bits per heavy atom. The molecular formula is C52H50F6N2O10S. The van der Waals surface area contributed by atoms with Crippen LogP contribution in [0.5, 0.6) is 11.5 Å². The minimum Gasteiger partial charge on any atom is -0.466 e. The highest BCUT2D eigenvalue weighted by molar-refractivity contribution is 7.99. The van der Waals surface area contributed by atoms with Gasteiger partial charge in [-0.25, -0.2) is 0 Å². The Kier molecular flexibility index (Phi) is 15.8. The molecule has 0 saturated carbocycles. The van der Waals surface area contributed by atoms with Crippen LogP contribution in [0.15, 0.2) is 82.6 Å². The third kappa shape index (κ3) is 11.7. The number of amides is 2. The van der Waals surface area contributed by atoms with Crippen LogP contribution in [0.1, 0.15) is 72.9 Å². The maximum absolute atomic E-state index is 15.9. The first-order valence-electron chi connectivity index (χ1n) is 23.3. The van der Waals surface area contributed by atoms with E-state index < -0.39 is 45.1 Å². The number of carbonyl (C=O) groups excluding carboxylic acids is 4. The lowest BCUT2D eigenvalue weighted by atomic mass is 9.91. The molecule has 19 heteroatoms. The van der Waals surface area contributed by atoms with Crippen LogP contribution in [0.25, 0.3) is 34.4 Å². The summed E-state index contributed by atoms with van der Waals surface area (Å²) in [5, 5.41) is 0. The molecule has 0 N–H and O–H groups in total. The molecule has 4 heterocycles. The molecule has 0 spiro atoms. The molecule has 0 bridgehead atoms. The second-order valence-corrected chi connectivity index (χ2v) is 18.3. The molecular weight excluding hydrogens is 959 g/mol. The number of likely N-dealkylation sites (tertiary alicyclic amines) is 2. The van der Waals surface area contributed by atoms with Crippen LogP contribution in [0.2, 0.25) is 0 Å². The number of halogens is 6. The monoisotopic (exact) mass is 1010 g/mol. The van der Waals surface area contributed by atoms with Gasteiger partial charge >= 0.3 is 24.3 Å². The standard InChI is InChI=1S/C52H50F6N2O10S/c1-3-65-49(63)33-17-23-59(24-18-33)43(61)15-9-31-7-13-41(47(51(53,54)55)45(31)37-5-11-39-35(29-37)21-27-67-69-39)71-42-14-8-32(10-16-44(62)60-25-19-34(20-26-60)50(64)66-4-2)46(48(42)52(56,57)58)38-6-12-40-36(30-38)22-28-68-70-40/h5-16,29-30,33-34H,3-4,17-28H2,1-2H3. The van der Waals surface area contributed by atoms with E-state index in [1.165, 1.54) is 70.5 Å². The summed E-state index contributed by atoms with van der Waals surface area (Å²) in [4.78, 5) is 74.2. The van der Waals surface area contributed by atoms with Crippen LogP contribution in [0, 0.1) is 11.8 Å². The quantitative estimate of drug-likeness (QED) is 0.0582. The van der Waals surface area contributed by atoms with Crippen molar-refractivity contribution in [2.24, 2.45) is 11.8 Å². The van der Waals surface area contributed by atoms with Gasteiger partial charge in [-0.3, -0.25) is 19.2 Å². The topological polar surface area (TPSA) is 130 Å².